The molecule has 2 aromatic carbocycles. The molecule has 2 amide bonds. The first-order valence-electron chi connectivity index (χ1n) is 10.5. The summed E-state index contributed by atoms with van der Waals surface area (Å²) in [6.07, 6.45) is 1.10. The van der Waals surface area contributed by atoms with E-state index in [2.05, 4.69) is 17.1 Å². The molecule has 1 saturated heterocycles. The van der Waals surface area contributed by atoms with E-state index in [0.717, 1.165) is 37.0 Å². The molecule has 1 aliphatic rings. The number of amides is 2. The van der Waals surface area contributed by atoms with Gasteiger partial charge in [-0.2, -0.15) is 0 Å². The third-order valence-corrected chi connectivity index (χ3v) is 5.51. The molecule has 1 N–H and O–H groups in total. The average molecular weight is 405 g/mol. The smallest absolute Gasteiger partial charge is 0.291 e. The third kappa shape index (κ3) is 4.09. The van der Waals surface area contributed by atoms with Crippen LogP contribution in [-0.2, 0) is 0 Å². The lowest BCUT2D eigenvalue weighted by Gasteiger charge is -2.34. The van der Waals surface area contributed by atoms with Gasteiger partial charge in [0.05, 0.1) is 0 Å². The van der Waals surface area contributed by atoms with E-state index in [1.54, 1.807) is 6.07 Å². The molecule has 1 fully saturated rings. The number of aryl methyl sites for hydroxylation is 1. The summed E-state index contributed by atoms with van der Waals surface area (Å²) < 4.78 is 5.93. The standard InChI is InChI=1S/C24H27N3O3/c1-3-11-26-12-14-27(15-13-26)24(29)22-21(19-9-4-5-10-20(19)30-22)25-23(28)18-8-6-7-17(2)16-18/h4-10,16H,3,11-15H2,1-2H3,(H,25,28). The number of nitrogens with one attached hydrogen (secondary N) is 1. The van der Waals surface area contributed by atoms with Crippen LogP contribution in [0.1, 0.15) is 39.8 Å². The summed E-state index contributed by atoms with van der Waals surface area (Å²) in [6.45, 7) is 8.16. The summed E-state index contributed by atoms with van der Waals surface area (Å²) in [5, 5.41) is 3.66. The maximum absolute atomic E-state index is 13.3. The maximum Gasteiger partial charge on any atom is 0.291 e. The molecule has 6 nitrogen and oxygen atoms in total. The zero-order valence-corrected chi connectivity index (χ0v) is 17.5. The monoisotopic (exact) mass is 405 g/mol. The van der Waals surface area contributed by atoms with Crippen molar-refractivity contribution in [2.75, 3.05) is 38.0 Å². The molecule has 0 atom stereocenters. The number of para-hydroxylation sites is 1. The van der Waals surface area contributed by atoms with Gasteiger partial charge in [-0.25, -0.2) is 0 Å². The van der Waals surface area contributed by atoms with E-state index in [0.29, 0.717) is 29.9 Å². The highest BCUT2D eigenvalue weighted by Crippen LogP contribution is 2.32. The zero-order chi connectivity index (χ0) is 21.1. The lowest BCUT2D eigenvalue weighted by molar-refractivity contribution is 0.0610. The molecule has 0 bridgehead atoms. The Balaban J connectivity index is 1.62. The first-order valence-corrected chi connectivity index (χ1v) is 10.5. The number of carbonyl (C=O) groups is 2. The number of piperazine rings is 1. The van der Waals surface area contributed by atoms with Crippen molar-refractivity contribution in [2.24, 2.45) is 0 Å². The van der Waals surface area contributed by atoms with Crippen LogP contribution in [0.15, 0.2) is 52.9 Å². The number of rotatable bonds is 5. The van der Waals surface area contributed by atoms with E-state index >= 15 is 0 Å². The van der Waals surface area contributed by atoms with Gasteiger partial charge in [0.25, 0.3) is 11.8 Å². The molecule has 0 spiro atoms. The Morgan fingerprint density at radius 2 is 1.80 bits per heavy atom. The van der Waals surface area contributed by atoms with Crippen LogP contribution in [0.5, 0.6) is 0 Å². The molecule has 3 aromatic rings. The zero-order valence-electron chi connectivity index (χ0n) is 17.5. The Labute approximate surface area is 176 Å². The minimum atomic E-state index is -0.257. The average Bonchev–Trinajstić information content (AvgIpc) is 3.12. The van der Waals surface area contributed by atoms with Gasteiger partial charge in [-0.3, -0.25) is 14.5 Å². The van der Waals surface area contributed by atoms with Gasteiger partial charge in [0, 0.05) is 37.1 Å². The number of anilines is 1. The van der Waals surface area contributed by atoms with Gasteiger partial charge in [-0.05, 0) is 44.2 Å². The van der Waals surface area contributed by atoms with Gasteiger partial charge in [-0.15, -0.1) is 0 Å². The summed E-state index contributed by atoms with van der Waals surface area (Å²) in [7, 11) is 0. The summed E-state index contributed by atoms with van der Waals surface area (Å²) in [5.41, 5.74) is 2.58. The lowest BCUT2D eigenvalue weighted by atomic mass is 10.1. The second-order valence-electron chi connectivity index (χ2n) is 7.76. The number of furan rings is 1. The van der Waals surface area contributed by atoms with Crippen molar-refractivity contribution in [3.05, 3.63) is 65.4 Å². The predicted octanol–water partition coefficient (Wildman–Crippen LogP) is 4.16. The van der Waals surface area contributed by atoms with Crippen molar-refractivity contribution in [2.45, 2.75) is 20.3 Å². The number of hydrogen-bond donors (Lipinski definition) is 1. The molecule has 30 heavy (non-hydrogen) atoms. The van der Waals surface area contributed by atoms with E-state index in [-0.39, 0.29) is 17.6 Å². The van der Waals surface area contributed by atoms with Crippen molar-refractivity contribution < 1.29 is 14.0 Å². The van der Waals surface area contributed by atoms with Crippen LogP contribution in [0, 0.1) is 6.92 Å². The number of carbonyl (C=O) groups excluding carboxylic acids is 2. The SMILES string of the molecule is CCCN1CCN(C(=O)c2oc3ccccc3c2NC(=O)c2cccc(C)c2)CC1. The number of hydrogen-bond acceptors (Lipinski definition) is 4. The van der Waals surface area contributed by atoms with Crippen LogP contribution in [0.2, 0.25) is 0 Å². The van der Waals surface area contributed by atoms with E-state index in [9.17, 15) is 9.59 Å². The van der Waals surface area contributed by atoms with Crippen molar-refractivity contribution in [3.63, 3.8) is 0 Å². The lowest BCUT2D eigenvalue weighted by Crippen LogP contribution is -2.48. The Morgan fingerprint density at radius 3 is 2.53 bits per heavy atom. The maximum atomic E-state index is 13.3. The van der Waals surface area contributed by atoms with E-state index < -0.39 is 0 Å². The van der Waals surface area contributed by atoms with Crippen LogP contribution < -0.4 is 5.32 Å². The van der Waals surface area contributed by atoms with Gasteiger partial charge < -0.3 is 14.6 Å². The van der Waals surface area contributed by atoms with Gasteiger partial charge in [0.2, 0.25) is 5.76 Å². The fourth-order valence-corrected chi connectivity index (χ4v) is 3.93. The summed E-state index contributed by atoms with van der Waals surface area (Å²) in [6, 6.07) is 14.8. The van der Waals surface area contributed by atoms with Gasteiger partial charge in [-0.1, -0.05) is 36.8 Å². The van der Waals surface area contributed by atoms with E-state index in [4.69, 9.17) is 4.42 Å². The van der Waals surface area contributed by atoms with Crippen LogP contribution in [0.25, 0.3) is 11.0 Å². The third-order valence-electron chi connectivity index (χ3n) is 5.51. The fraction of sp³-hybridized carbons (Fsp3) is 0.333. The molecule has 1 aromatic heterocycles. The highest BCUT2D eigenvalue weighted by Gasteiger charge is 2.28. The van der Waals surface area contributed by atoms with E-state index in [1.165, 1.54) is 0 Å². The number of fused-ring (bicyclic) bond motifs is 1. The Kier molecular flexibility index (Phi) is 5.86. The van der Waals surface area contributed by atoms with Gasteiger partial charge >= 0.3 is 0 Å². The molecule has 0 radical (unpaired) electrons. The Bertz CT molecular complexity index is 1060. The van der Waals surface area contributed by atoms with Crippen LogP contribution in [-0.4, -0.2) is 54.3 Å². The molecule has 6 heteroatoms. The molecule has 0 saturated carbocycles. The van der Waals surface area contributed by atoms with Crippen molar-refractivity contribution >= 4 is 28.5 Å². The summed E-state index contributed by atoms with van der Waals surface area (Å²) in [5.74, 6) is -0.241. The van der Waals surface area contributed by atoms with Crippen LogP contribution in [0.4, 0.5) is 5.69 Å². The predicted molar refractivity (Wildman–Crippen MR) is 118 cm³/mol. The molecule has 156 valence electrons. The summed E-state index contributed by atoms with van der Waals surface area (Å²) >= 11 is 0. The topological polar surface area (TPSA) is 65.8 Å². The molecule has 1 aliphatic heterocycles. The van der Waals surface area contributed by atoms with Gasteiger partial charge in [0.15, 0.2) is 0 Å². The van der Waals surface area contributed by atoms with Gasteiger partial charge in [0.1, 0.15) is 11.3 Å². The fourth-order valence-electron chi connectivity index (χ4n) is 3.93. The second kappa shape index (κ2) is 8.71. The van der Waals surface area contributed by atoms with Crippen LogP contribution >= 0.6 is 0 Å². The highest BCUT2D eigenvalue weighted by atomic mass is 16.3. The first-order chi connectivity index (χ1) is 14.6. The number of benzene rings is 2. The van der Waals surface area contributed by atoms with Crippen LogP contribution in [0.3, 0.4) is 0 Å². The largest absolute Gasteiger partial charge is 0.449 e. The molecule has 0 unspecified atom stereocenters. The second-order valence-corrected chi connectivity index (χ2v) is 7.76. The minimum Gasteiger partial charge on any atom is -0.449 e. The first kappa shape index (κ1) is 20.2. The molecule has 0 aliphatic carbocycles. The normalized spacial score (nSPS) is 14.8. The Hall–Kier alpha value is -3.12. The quantitative estimate of drug-likeness (QED) is 0.692. The minimum absolute atomic E-state index is 0.179. The molecular weight excluding hydrogens is 378 g/mol. The molecular formula is C24H27N3O3. The molecule has 4 rings (SSSR count). The van der Waals surface area contributed by atoms with E-state index in [1.807, 2.05) is 54.3 Å². The summed E-state index contributed by atoms with van der Waals surface area (Å²) in [4.78, 5) is 30.4. The Morgan fingerprint density at radius 1 is 1.03 bits per heavy atom. The van der Waals surface area contributed by atoms with Crippen molar-refractivity contribution in [1.82, 2.24) is 9.80 Å². The highest BCUT2D eigenvalue weighted by molar-refractivity contribution is 6.14. The van der Waals surface area contributed by atoms with Crippen molar-refractivity contribution in [3.8, 4) is 0 Å². The van der Waals surface area contributed by atoms with Crippen molar-refractivity contribution in [1.29, 1.82) is 0 Å². The molecule has 2 heterocycles. The number of nitrogens with zero attached hydrogens (tertiary/aromatic N) is 2.